The standard InChI is InChI=1S/C24H26N4O2.C2HF3O2/c29-23(20-16-19(20)17-6-2-1-3-7-17)25-12-15-27-13-10-18(11-14-27)28-22-9-5-4-8-21(22)26-24(28)30;3-2(4,5)1(6)7/h1-10,19-20H,11-16H2,(H,25,29)(H,26,30);(H,6,7). The maximum atomic E-state index is 12.4. The summed E-state index contributed by atoms with van der Waals surface area (Å²) in [6, 6.07) is 18.1. The van der Waals surface area contributed by atoms with Crippen LogP contribution in [-0.4, -0.2) is 63.8 Å². The molecule has 11 heteroatoms. The predicted octanol–water partition coefficient (Wildman–Crippen LogP) is 3.43. The topological polar surface area (TPSA) is 107 Å². The van der Waals surface area contributed by atoms with Gasteiger partial charge in [0.05, 0.1) is 11.0 Å². The van der Waals surface area contributed by atoms with Crippen LogP contribution < -0.4 is 11.0 Å². The number of nitrogens with zero attached hydrogens (tertiary/aromatic N) is 2. The molecule has 0 bridgehead atoms. The van der Waals surface area contributed by atoms with E-state index in [1.54, 1.807) is 4.57 Å². The Labute approximate surface area is 210 Å². The largest absolute Gasteiger partial charge is 0.490 e. The molecule has 1 fully saturated rings. The molecule has 2 heterocycles. The molecule has 0 saturated heterocycles. The molecule has 37 heavy (non-hydrogen) atoms. The number of carboxylic acids is 1. The normalized spacial score (nSPS) is 19.5. The highest BCUT2D eigenvalue weighted by molar-refractivity contribution is 5.83. The molecular formula is C26H27F3N4O4. The summed E-state index contributed by atoms with van der Waals surface area (Å²) in [6.07, 6.45) is -1.20. The molecule has 2 atom stereocenters. The number of aromatic amines is 1. The summed E-state index contributed by atoms with van der Waals surface area (Å²) in [7, 11) is 0. The fraction of sp³-hybridized carbons (Fsp3) is 0.346. The maximum absolute atomic E-state index is 12.4. The van der Waals surface area contributed by atoms with Gasteiger partial charge in [-0.2, -0.15) is 13.2 Å². The minimum atomic E-state index is -5.08. The monoisotopic (exact) mass is 516 g/mol. The van der Waals surface area contributed by atoms with E-state index in [0.29, 0.717) is 12.5 Å². The molecule has 3 aromatic rings. The van der Waals surface area contributed by atoms with Gasteiger partial charge in [-0.25, -0.2) is 9.59 Å². The first-order valence-electron chi connectivity index (χ1n) is 11.9. The number of halogens is 3. The van der Waals surface area contributed by atoms with E-state index in [4.69, 9.17) is 9.90 Å². The Kier molecular flexibility index (Phi) is 7.82. The van der Waals surface area contributed by atoms with Crippen molar-refractivity contribution in [3.8, 4) is 0 Å². The molecule has 8 nitrogen and oxygen atoms in total. The van der Waals surface area contributed by atoms with Crippen LogP contribution in [0.15, 0.2) is 65.5 Å². The molecule has 1 amide bonds. The summed E-state index contributed by atoms with van der Waals surface area (Å²) < 4.78 is 33.5. The van der Waals surface area contributed by atoms with Crippen LogP contribution in [0.1, 0.15) is 24.3 Å². The lowest BCUT2D eigenvalue weighted by Crippen LogP contribution is -2.38. The van der Waals surface area contributed by atoms with Crippen LogP contribution in [0, 0.1) is 5.92 Å². The third-order valence-corrected chi connectivity index (χ3v) is 6.47. The lowest BCUT2D eigenvalue weighted by atomic mass is 10.1. The first-order chi connectivity index (χ1) is 17.6. The van der Waals surface area contributed by atoms with E-state index in [1.807, 2.05) is 42.5 Å². The van der Waals surface area contributed by atoms with Crippen LogP contribution in [0.4, 0.5) is 13.2 Å². The summed E-state index contributed by atoms with van der Waals surface area (Å²) in [5, 5.41) is 10.2. The van der Waals surface area contributed by atoms with E-state index >= 15 is 0 Å². The second kappa shape index (κ2) is 11.0. The smallest absolute Gasteiger partial charge is 0.475 e. The molecule has 1 saturated carbocycles. The Hall–Kier alpha value is -3.86. The van der Waals surface area contributed by atoms with Crippen LogP contribution in [0.25, 0.3) is 16.7 Å². The van der Waals surface area contributed by atoms with Gasteiger partial charge < -0.3 is 15.4 Å². The number of imidazole rings is 1. The van der Waals surface area contributed by atoms with Crippen LogP contribution in [-0.2, 0) is 9.59 Å². The molecule has 1 aliphatic carbocycles. The van der Waals surface area contributed by atoms with E-state index in [-0.39, 0.29) is 17.5 Å². The van der Waals surface area contributed by atoms with Crippen molar-refractivity contribution in [2.24, 2.45) is 5.92 Å². The third-order valence-electron chi connectivity index (χ3n) is 6.47. The van der Waals surface area contributed by atoms with Gasteiger partial charge in [-0.3, -0.25) is 14.3 Å². The Morgan fingerprint density at radius 3 is 2.41 bits per heavy atom. The number of hydrogen-bond donors (Lipinski definition) is 3. The van der Waals surface area contributed by atoms with Crippen molar-refractivity contribution in [2.45, 2.75) is 24.9 Å². The van der Waals surface area contributed by atoms with Crippen molar-refractivity contribution >= 4 is 28.6 Å². The number of fused-ring (bicyclic) bond motifs is 1. The van der Waals surface area contributed by atoms with Crippen molar-refractivity contribution in [1.82, 2.24) is 19.8 Å². The minimum Gasteiger partial charge on any atom is -0.475 e. The summed E-state index contributed by atoms with van der Waals surface area (Å²) in [5.74, 6) is -2.09. The van der Waals surface area contributed by atoms with Gasteiger partial charge in [-0.15, -0.1) is 0 Å². The van der Waals surface area contributed by atoms with Gasteiger partial charge in [0.25, 0.3) is 0 Å². The summed E-state index contributed by atoms with van der Waals surface area (Å²) in [4.78, 5) is 38.9. The minimum absolute atomic E-state index is 0.0828. The molecule has 1 aliphatic heterocycles. The van der Waals surface area contributed by atoms with E-state index in [1.165, 1.54) is 5.56 Å². The molecule has 2 aromatic carbocycles. The van der Waals surface area contributed by atoms with Gasteiger partial charge in [-0.05, 0) is 30.0 Å². The number of alkyl halides is 3. The number of carbonyl (C=O) groups excluding carboxylic acids is 1. The van der Waals surface area contributed by atoms with Crippen LogP contribution in [0.2, 0.25) is 0 Å². The van der Waals surface area contributed by atoms with E-state index in [9.17, 15) is 22.8 Å². The van der Waals surface area contributed by atoms with Gasteiger partial charge in [0.15, 0.2) is 0 Å². The van der Waals surface area contributed by atoms with Crippen LogP contribution in [0.3, 0.4) is 0 Å². The molecular weight excluding hydrogens is 489 g/mol. The highest BCUT2D eigenvalue weighted by Gasteiger charge is 2.43. The van der Waals surface area contributed by atoms with E-state index in [0.717, 1.165) is 49.2 Å². The van der Waals surface area contributed by atoms with Gasteiger partial charge in [-0.1, -0.05) is 48.5 Å². The number of hydrogen-bond acceptors (Lipinski definition) is 4. The number of aromatic nitrogens is 2. The number of carboxylic acid groups (broad SMARTS) is 1. The number of aliphatic carboxylic acids is 1. The zero-order chi connectivity index (χ0) is 26.6. The van der Waals surface area contributed by atoms with Gasteiger partial charge in [0, 0.05) is 44.2 Å². The average Bonchev–Trinajstić information content (AvgIpc) is 3.61. The zero-order valence-electron chi connectivity index (χ0n) is 19.9. The number of rotatable bonds is 6. The van der Waals surface area contributed by atoms with Crippen LogP contribution in [0.5, 0.6) is 0 Å². The number of carbonyl (C=O) groups is 2. The van der Waals surface area contributed by atoms with Crippen molar-refractivity contribution < 1.29 is 27.9 Å². The summed E-state index contributed by atoms with van der Waals surface area (Å²) in [6.45, 7) is 3.14. The quantitative estimate of drug-likeness (QED) is 0.466. The van der Waals surface area contributed by atoms with Gasteiger partial charge in [0.1, 0.15) is 0 Å². The summed E-state index contributed by atoms with van der Waals surface area (Å²) in [5.41, 5.74) is 4.01. The lowest BCUT2D eigenvalue weighted by Gasteiger charge is -2.26. The molecule has 5 rings (SSSR count). The molecule has 0 radical (unpaired) electrons. The van der Waals surface area contributed by atoms with Crippen molar-refractivity contribution in [1.29, 1.82) is 0 Å². The SMILES string of the molecule is O=C(NCCN1CC=C(n2c(=O)[nH]c3ccccc32)CC1)C1CC1c1ccccc1.O=C(O)C(F)(F)F. The Bertz CT molecular complexity index is 1350. The van der Waals surface area contributed by atoms with E-state index in [2.05, 4.69) is 33.4 Å². The van der Waals surface area contributed by atoms with Gasteiger partial charge >= 0.3 is 17.8 Å². The lowest BCUT2D eigenvalue weighted by molar-refractivity contribution is -0.192. The zero-order valence-corrected chi connectivity index (χ0v) is 19.9. The molecule has 196 valence electrons. The second-order valence-corrected chi connectivity index (χ2v) is 8.98. The number of benzene rings is 2. The number of H-pyrrole nitrogens is 1. The van der Waals surface area contributed by atoms with Crippen molar-refractivity contribution in [2.75, 3.05) is 26.2 Å². The number of para-hydroxylation sites is 2. The Morgan fingerprint density at radius 1 is 1.08 bits per heavy atom. The Morgan fingerprint density at radius 2 is 1.76 bits per heavy atom. The van der Waals surface area contributed by atoms with E-state index < -0.39 is 12.1 Å². The fourth-order valence-corrected chi connectivity index (χ4v) is 4.47. The fourth-order valence-electron chi connectivity index (χ4n) is 4.47. The first kappa shape index (κ1) is 26.2. The highest BCUT2D eigenvalue weighted by atomic mass is 19.4. The van der Waals surface area contributed by atoms with Gasteiger partial charge in [0.2, 0.25) is 5.91 Å². The maximum Gasteiger partial charge on any atom is 0.490 e. The molecule has 2 aliphatic rings. The average molecular weight is 517 g/mol. The molecule has 2 unspecified atom stereocenters. The first-order valence-corrected chi connectivity index (χ1v) is 11.9. The third kappa shape index (κ3) is 6.48. The van der Waals surface area contributed by atoms with Crippen LogP contribution >= 0.6 is 0 Å². The summed E-state index contributed by atoms with van der Waals surface area (Å²) >= 11 is 0. The Balaban J connectivity index is 0.000000405. The highest BCUT2D eigenvalue weighted by Crippen LogP contribution is 2.47. The predicted molar refractivity (Wildman–Crippen MR) is 132 cm³/mol. The number of amides is 1. The molecule has 1 aromatic heterocycles. The van der Waals surface area contributed by atoms with Crippen molar-refractivity contribution in [3.63, 3.8) is 0 Å². The molecule has 3 N–H and O–H groups in total. The second-order valence-electron chi connectivity index (χ2n) is 8.98. The molecule has 0 spiro atoms. The number of nitrogens with one attached hydrogen (secondary N) is 2. The van der Waals surface area contributed by atoms with Crippen molar-refractivity contribution in [3.05, 3.63) is 76.7 Å².